The molecule has 1 aliphatic rings. The first kappa shape index (κ1) is 21.1. The second-order valence-corrected chi connectivity index (χ2v) is 11.0. The van der Waals surface area contributed by atoms with Gasteiger partial charge >= 0.3 is 0 Å². The molecule has 0 bridgehead atoms. The lowest BCUT2D eigenvalue weighted by Gasteiger charge is -2.43. The third kappa shape index (κ3) is 3.30. The summed E-state index contributed by atoms with van der Waals surface area (Å²) in [5.74, 6) is 0.684. The summed E-state index contributed by atoms with van der Waals surface area (Å²) in [6.45, 7) is 4.20. The van der Waals surface area contributed by atoms with E-state index >= 15 is 0 Å². The lowest BCUT2D eigenvalue weighted by Crippen LogP contribution is -2.47. The second kappa shape index (κ2) is 7.96. The molecule has 0 unspecified atom stereocenters. The summed E-state index contributed by atoms with van der Waals surface area (Å²) in [6.07, 6.45) is 0. The molecule has 4 aromatic rings. The van der Waals surface area contributed by atoms with Crippen LogP contribution in [-0.4, -0.2) is 13.0 Å². The SMILES string of the molecule is COc1ccc(C(=O)N2c3cc(-c4ccccc4)ccc3-c3c(ssc3=S)C2(C)C)cc1. The molecule has 5 rings (SSSR count). The Hall–Kier alpha value is -2.80. The van der Waals surface area contributed by atoms with Crippen LogP contribution in [-0.2, 0) is 5.54 Å². The van der Waals surface area contributed by atoms with Gasteiger partial charge in [0.15, 0.2) is 0 Å². The van der Waals surface area contributed by atoms with Crippen LogP contribution in [0.4, 0.5) is 5.69 Å². The van der Waals surface area contributed by atoms with Crippen LogP contribution in [0.1, 0.15) is 29.1 Å². The fourth-order valence-electron chi connectivity index (χ4n) is 4.26. The van der Waals surface area contributed by atoms with Gasteiger partial charge in [0.2, 0.25) is 0 Å². The maximum atomic E-state index is 13.9. The highest BCUT2D eigenvalue weighted by Crippen LogP contribution is 2.53. The maximum Gasteiger partial charge on any atom is 0.259 e. The predicted octanol–water partition coefficient (Wildman–Crippen LogP) is 7.78. The Bertz CT molecular complexity index is 1370. The molecule has 0 saturated carbocycles. The van der Waals surface area contributed by atoms with E-state index in [0.717, 1.165) is 42.4 Å². The van der Waals surface area contributed by atoms with E-state index < -0.39 is 5.54 Å². The molecule has 0 saturated heterocycles. The fourth-order valence-corrected chi connectivity index (χ4v) is 7.54. The van der Waals surface area contributed by atoms with E-state index in [4.69, 9.17) is 17.0 Å². The number of carbonyl (C=O) groups is 1. The number of rotatable bonds is 3. The molecule has 3 aromatic carbocycles. The zero-order valence-corrected chi connectivity index (χ0v) is 20.4. The van der Waals surface area contributed by atoms with Crippen LogP contribution >= 0.6 is 32.9 Å². The summed E-state index contributed by atoms with van der Waals surface area (Å²) in [4.78, 5) is 17.0. The van der Waals surface area contributed by atoms with Gasteiger partial charge in [0.1, 0.15) is 9.57 Å². The van der Waals surface area contributed by atoms with Gasteiger partial charge in [-0.15, -0.1) is 0 Å². The number of benzene rings is 3. The van der Waals surface area contributed by atoms with Crippen molar-refractivity contribution in [2.75, 3.05) is 12.0 Å². The molecule has 160 valence electrons. The molecule has 0 aliphatic carbocycles. The molecule has 1 aliphatic heterocycles. The number of carbonyl (C=O) groups excluding carboxylic acids is 1. The summed E-state index contributed by atoms with van der Waals surface area (Å²) >= 11 is 5.71. The minimum atomic E-state index is -0.535. The molecule has 0 spiro atoms. The molecule has 0 N–H and O–H groups in total. The lowest BCUT2D eigenvalue weighted by atomic mass is 9.85. The highest BCUT2D eigenvalue weighted by Gasteiger charge is 2.43. The van der Waals surface area contributed by atoms with Crippen LogP contribution in [0.2, 0.25) is 0 Å². The molecular formula is C26H21NO2S3. The first-order valence-electron chi connectivity index (χ1n) is 10.2. The number of hydrogen-bond donors (Lipinski definition) is 0. The molecule has 0 atom stereocenters. The Labute approximate surface area is 199 Å². The van der Waals surface area contributed by atoms with Crippen molar-refractivity contribution in [1.29, 1.82) is 0 Å². The summed E-state index contributed by atoms with van der Waals surface area (Å²) in [5, 5.41) is 0. The molecule has 3 nitrogen and oxygen atoms in total. The summed E-state index contributed by atoms with van der Waals surface area (Å²) < 4.78 is 6.15. The third-order valence-corrected chi connectivity index (χ3v) is 9.23. The van der Waals surface area contributed by atoms with E-state index in [2.05, 4.69) is 44.2 Å². The van der Waals surface area contributed by atoms with E-state index in [0.29, 0.717) is 5.56 Å². The van der Waals surface area contributed by atoms with Crippen molar-refractivity contribution in [3.05, 3.63) is 87.1 Å². The number of nitrogens with zero attached hydrogens (tertiary/aromatic N) is 1. The summed E-state index contributed by atoms with van der Waals surface area (Å²) in [7, 11) is 4.90. The van der Waals surface area contributed by atoms with Crippen LogP contribution in [0.3, 0.4) is 0 Å². The van der Waals surface area contributed by atoms with Gasteiger partial charge in [-0.1, -0.05) is 75.4 Å². The van der Waals surface area contributed by atoms with Gasteiger partial charge in [0, 0.05) is 16.7 Å². The van der Waals surface area contributed by atoms with Crippen molar-refractivity contribution in [2.45, 2.75) is 19.4 Å². The minimum Gasteiger partial charge on any atom is -0.497 e. The van der Waals surface area contributed by atoms with Crippen LogP contribution in [0.15, 0.2) is 72.8 Å². The smallest absolute Gasteiger partial charge is 0.259 e. The molecular weight excluding hydrogens is 454 g/mol. The number of amides is 1. The number of fused-ring (bicyclic) bond motifs is 3. The molecule has 0 radical (unpaired) electrons. The quantitative estimate of drug-likeness (QED) is 0.224. The average molecular weight is 476 g/mol. The highest BCUT2D eigenvalue weighted by molar-refractivity contribution is 7.80. The number of anilines is 1. The molecule has 1 aromatic heterocycles. The monoisotopic (exact) mass is 475 g/mol. The fraction of sp³-hybridized carbons (Fsp3) is 0.154. The minimum absolute atomic E-state index is 0.0425. The van der Waals surface area contributed by atoms with Crippen molar-refractivity contribution >= 4 is 44.5 Å². The number of ether oxygens (including phenoxy) is 1. The lowest BCUT2D eigenvalue weighted by molar-refractivity contribution is 0.0961. The Morgan fingerprint density at radius 3 is 2.34 bits per heavy atom. The normalized spacial score (nSPS) is 13.9. The number of methoxy groups -OCH3 is 1. The predicted molar refractivity (Wildman–Crippen MR) is 137 cm³/mol. The zero-order valence-electron chi connectivity index (χ0n) is 17.9. The van der Waals surface area contributed by atoms with Gasteiger partial charge < -0.3 is 4.74 Å². The van der Waals surface area contributed by atoms with E-state index in [9.17, 15) is 4.79 Å². The highest BCUT2D eigenvalue weighted by atomic mass is 32.9. The summed E-state index contributed by atoms with van der Waals surface area (Å²) in [5.41, 5.74) is 5.27. The van der Waals surface area contributed by atoms with E-state index in [1.54, 1.807) is 27.8 Å². The standard InChI is InChI=1S/C26H21NO2S3/c1-26(2)23-22(25(30)32-31-23)20-14-11-18(16-7-5-4-6-8-16)15-21(20)27(26)24(28)17-9-12-19(29-3)13-10-17/h4-15H,1-3H3. The Morgan fingerprint density at radius 2 is 1.66 bits per heavy atom. The van der Waals surface area contributed by atoms with Crippen LogP contribution in [0, 0.1) is 3.82 Å². The Morgan fingerprint density at radius 1 is 0.938 bits per heavy atom. The van der Waals surface area contributed by atoms with Crippen molar-refractivity contribution in [1.82, 2.24) is 0 Å². The molecule has 0 fully saturated rings. The Kier molecular flexibility index (Phi) is 5.24. The first-order chi connectivity index (χ1) is 15.4. The Balaban J connectivity index is 1.73. The van der Waals surface area contributed by atoms with Gasteiger partial charge in [-0.05, 0) is 55.3 Å². The van der Waals surface area contributed by atoms with Gasteiger partial charge in [0.05, 0.1) is 23.2 Å². The van der Waals surface area contributed by atoms with Crippen molar-refractivity contribution < 1.29 is 9.53 Å². The van der Waals surface area contributed by atoms with Gasteiger partial charge in [-0.3, -0.25) is 9.69 Å². The average Bonchev–Trinajstić information content (AvgIpc) is 3.22. The van der Waals surface area contributed by atoms with Crippen molar-refractivity contribution in [3.8, 4) is 28.0 Å². The van der Waals surface area contributed by atoms with Crippen LogP contribution < -0.4 is 9.64 Å². The van der Waals surface area contributed by atoms with Gasteiger partial charge in [-0.2, -0.15) is 0 Å². The largest absolute Gasteiger partial charge is 0.497 e. The molecule has 1 amide bonds. The molecule has 32 heavy (non-hydrogen) atoms. The van der Waals surface area contributed by atoms with Crippen LogP contribution in [0.5, 0.6) is 5.75 Å². The zero-order chi connectivity index (χ0) is 22.5. The first-order valence-corrected chi connectivity index (χ1v) is 12.8. The van der Waals surface area contributed by atoms with Crippen LogP contribution in [0.25, 0.3) is 22.3 Å². The van der Waals surface area contributed by atoms with Gasteiger partial charge in [-0.25, -0.2) is 0 Å². The molecule has 2 heterocycles. The third-order valence-electron chi connectivity index (χ3n) is 5.90. The number of hydrogen-bond acceptors (Lipinski definition) is 5. The maximum absolute atomic E-state index is 13.9. The summed E-state index contributed by atoms with van der Waals surface area (Å²) in [6, 6.07) is 23.9. The topological polar surface area (TPSA) is 29.5 Å². The van der Waals surface area contributed by atoms with E-state index in [-0.39, 0.29) is 5.91 Å². The van der Waals surface area contributed by atoms with E-state index in [1.807, 2.05) is 47.4 Å². The second-order valence-electron chi connectivity index (χ2n) is 8.18. The van der Waals surface area contributed by atoms with E-state index in [1.165, 1.54) is 0 Å². The molecule has 6 heteroatoms. The van der Waals surface area contributed by atoms with Crippen molar-refractivity contribution in [2.24, 2.45) is 0 Å². The van der Waals surface area contributed by atoms with Crippen molar-refractivity contribution in [3.63, 3.8) is 0 Å². The van der Waals surface area contributed by atoms with Gasteiger partial charge in [0.25, 0.3) is 5.91 Å².